The van der Waals surface area contributed by atoms with Gasteiger partial charge in [-0.25, -0.2) is 0 Å². The zero-order valence-corrected chi connectivity index (χ0v) is 12.7. The van der Waals surface area contributed by atoms with Crippen molar-refractivity contribution < 1.29 is 0 Å². The van der Waals surface area contributed by atoms with Crippen LogP contribution in [0.3, 0.4) is 0 Å². The van der Waals surface area contributed by atoms with Gasteiger partial charge in [0.15, 0.2) is 0 Å². The lowest BCUT2D eigenvalue weighted by Crippen LogP contribution is -2.59. The predicted octanol–water partition coefficient (Wildman–Crippen LogP) is 3.27. The molecule has 0 aromatic rings. The Morgan fingerprint density at radius 1 is 1.35 bits per heavy atom. The van der Waals surface area contributed by atoms with Crippen LogP contribution in [0.4, 0.5) is 0 Å². The van der Waals surface area contributed by atoms with Crippen LogP contribution in [0.2, 0.25) is 0 Å². The standard InChI is InChI=1S/C15H32N2/c1-7-11-17(12(2)3)13-9-8-10-15(4,5)14(13)16-6/h12-14,16H,7-11H2,1-6H3. The average Bonchev–Trinajstić information content (AvgIpc) is 2.24. The smallest absolute Gasteiger partial charge is 0.0271 e. The molecule has 0 amide bonds. The summed E-state index contributed by atoms with van der Waals surface area (Å²) in [6.07, 6.45) is 5.34. The van der Waals surface area contributed by atoms with Crippen LogP contribution in [0.15, 0.2) is 0 Å². The summed E-state index contributed by atoms with van der Waals surface area (Å²) >= 11 is 0. The summed E-state index contributed by atoms with van der Waals surface area (Å²) in [5.41, 5.74) is 0.429. The lowest BCUT2D eigenvalue weighted by molar-refractivity contribution is 0.0343. The fraction of sp³-hybridized carbons (Fsp3) is 1.00. The number of hydrogen-bond donors (Lipinski definition) is 1. The van der Waals surface area contributed by atoms with Crippen molar-refractivity contribution in [2.75, 3.05) is 13.6 Å². The second-order valence-electron chi connectivity index (χ2n) is 6.55. The third-order valence-corrected chi connectivity index (χ3v) is 4.43. The van der Waals surface area contributed by atoms with Gasteiger partial charge in [0.25, 0.3) is 0 Å². The molecule has 0 heterocycles. The second kappa shape index (κ2) is 6.19. The molecule has 2 heteroatoms. The third kappa shape index (κ3) is 3.45. The van der Waals surface area contributed by atoms with Gasteiger partial charge in [-0.1, -0.05) is 27.2 Å². The summed E-state index contributed by atoms with van der Waals surface area (Å²) < 4.78 is 0. The van der Waals surface area contributed by atoms with E-state index in [-0.39, 0.29) is 0 Å². The van der Waals surface area contributed by atoms with Crippen molar-refractivity contribution in [3.63, 3.8) is 0 Å². The Morgan fingerprint density at radius 3 is 2.47 bits per heavy atom. The van der Waals surface area contributed by atoms with E-state index in [1.54, 1.807) is 0 Å². The van der Waals surface area contributed by atoms with Crippen LogP contribution in [0.1, 0.15) is 60.3 Å². The summed E-state index contributed by atoms with van der Waals surface area (Å²) in [4.78, 5) is 2.71. The van der Waals surface area contributed by atoms with E-state index in [1.807, 2.05) is 0 Å². The maximum Gasteiger partial charge on any atom is 0.0271 e. The van der Waals surface area contributed by atoms with Crippen LogP contribution in [0.25, 0.3) is 0 Å². The molecule has 0 radical (unpaired) electrons. The Labute approximate surface area is 108 Å². The minimum absolute atomic E-state index is 0.429. The summed E-state index contributed by atoms with van der Waals surface area (Å²) in [5.74, 6) is 0. The van der Waals surface area contributed by atoms with E-state index in [1.165, 1.54) is 32.2 Å². The molecule has 1 saturated carbocycles. The van der Waals surface area contributed by atoms with Gasteiger partial charge in [0.05, 0.1) is 0 Å². The van der Waals surface area contributed by atoms with Crippen LogP contribution in [-0.4, -0.2) is 36.6 Å². The monoisotopic (exact) mass is 240 g/mol. The molecule has 1 fully saturated rings. The van der Waals surface area contributed by atoms with Gasteiger partial charge in [0, 0.05) is 18.1 Å². The summed E-state index contributed by atoms with van der Waals surface area (Å²) in [6, 6.07) is 2.00. The van der Waals surface area contributed by atoms with Crippen LogP contribution in [-0.2, 0) is 0 Å². The summed E-state index contributed by atoms with van der Waals surface area (Å²) in [5, 5.41) is 3.60. The normalized spacial score (nSPS) is 28.9. The van der Waals surface area contributed by atoms with Gasteiger partial charge in [0.1, 0.15) is 0 Å². The van der Waals surface area contributed by atoms with E-state index in [2.05, 4.69) is 51.9 Å². The predicted molar refractivity (Wildman–Crippen MR) is 76.4 cm³/mol. The molecular weight excluding hydrogens is 208 g/mol. The van der Waals surface area contributed by atoms with E-state index in [4.69, 9.17) is 0 Å². The van der Waals surface area contributed by atoms with E-state index in [0.717, 1.165) is 0 Å². The molecule has 1 aliphatic carbocycles. The number of likely N-dealkylation sites (N-methyl/N-ethyl adjacent to an activating group) is 1. The van der Waals surface area contributed by atoms with E-state index in [0.29, 0.717) is 23.5 Å². The molecule has 17 heavy (non-hydrogen) atoms. The van der Waals surface area contributed by atoms with Gasteiger partial charge >= 0.3 is 0 Å². The van der Waals surface area contributed by atoms with Gasteiger partial charge in [-0.2, -0.15) is 0 Å². The molecule has 1 N–H and O–H groups in total. The van der Waals surface area contributed by atoms with Crippen LogP contribution in [0.5, 0.6) is 0 Å². The highest BCUT2D eigenvalue weighted by molar-refractivity contribution is 4.98. The highest BCUT2D eigenvalue weighted by atomic mass is 15.2. The minimum atomic E-state index is 0.429. The molecule has 2 nitrogen and oxygen atoms in total. The first-order valence-corrected chi connectivity index (χ1v) is 7.37. The molecule has 0 aromatic carbocycles. The molecule has 0 saturated heterocycles. The maximum absolute atomic E-state index is 3.60. The fourth-order valence-corrected chi connectivity index (χ4v) is 3.62. The SMILES string of the molecule is CCCN(C(C)C)C1CCCC(C)(C)C1NC. The summed E-state index contributed by atoms with van der Waals surface area (Å²) in [7, 11) is 2.13. The molecule has 1 aliphatic rings. The highest BCUT2D eigenvalue weighted by Crippen LogP contribution is 2.38. The lowest BCUT2D eigenvalue weighted by Gasteiger charge is -2.49. The van der Waals surface area contributed by atoms with Gasteiger partial charge in [-0.05, 0) is 52.1 Å². The average molecular weight is 240 g/mol. The molecule has 0 aromatic heterocycles. The quantitative estimate of drug-likeness (QED) is 0.793. The van der Waals surface area contributed by atoms with Crippen LogP contribution in [0, 0.1) is 5.41 Å². The zero-order chi connectivity index (χ0) is 13.1. The molecule has 2 atom stereocenters. The van der Waals surface area contributed by atoms with Crippen molar-refractivity contribution in [1.82, 2.24) is 10.2 Å². The molecule has 2 unspecified atom stereocenters. The van der Waals surface area contributed by atoms with Crippen molar-refractivity contribution in [3.8, 4) is 0 Å². The van der Waals surface area contributed by atoms with Gasteiger partial charge in [0.2, 0.25) is 0 Å². The van der Waals surface area contributed by atoms with Crippen molar-refractivity contribution in [2.45, 2.75) is 78.4 Å². The first-order valence-electron chi connectivity index (χ1n) is 7.37. The number of nitrogens with one attached hydrogen (secondary N) is 1. The maximum atomic E-state index is 3.60. The van der Waals surface area contributed by atoms with E-state index < -0.39 is 0 Å². The molecule has 0 aliphatic heterocycles. The van der Waals surface area contributed by atoms with Crippen molar-refractivity contribution >= 4 is 0 Å². The minimum Gasteiger partial charge on any atom is -0.315 e. The first-order chi connectivity index (χ1) is 7.94. The Bertz CT molecular complexity index is 223. The van der Waals surface area contributed by atoms with Crippen LogP contribution >= 0.6 is 0 Å². The summed E-state index contributed by atoms with van der Waals surface area (Å²) in [6.45, 7) is 13.0. The lowest BCUT2D eigenvalue weighted by atomic mass is 9.70. The van der Waals surface area contributed by atoms with Crippen molar-refractivity contribution in [1.29, 1.82) is 0 Å². The molecule has 102 valence electrons. The van der Waals surface area contributed by atoms with Gasteiger partial charge in [-0.15, -0.1) is 0 Å². The van der Waals surface area contributed by atoms with Gasteiger partial charge < -0.3 is 5.32 Å². The number of hydrogen-bond acceptors (Lipinski definition) is 2. The van der Waals surface area contributed by atoms with Crippen molar-refractivity contribution in [3.05, 3.63) is 0 Å². The molecule has 0 bridgehead atoms. The topological polar surface area (TPSA) is 15.3 Å². The Morgan fingerprint density at radius 2 is 2.00 bits per heavy atom. The Kier molecular flexibility index (Phi) is 5.46. The molecule has 1 rings (SSSR count). The highest BCUT2D eigenvalue weighted by Gasteiger charge is 2.40. The van der Waals surface area contributed by atoms with E-state index >= 15 is 0 Å². The van der Waals surface area contributed by atoms with Gasteiger partial charge in [-0.3, -0.25) is 4.90 Å². The molecule has 0 spiro atoms. The second-order valence-corrected chi connectivity index (χ2v) is 6.55. The first kappa shape index (κ1) is 15.0. The van der Waals surface area contributed by atoms with Crippen LogP contribution < -0.4 is 5.32 Å². The van der Waals surface area contributed by atoms with Crippen molar-refractivity contribution in [2.24, 2.45) is 5.41 Å². The van der Waals surface area contributed by atoms with E-state index in [9.17, 15) is 0 Å². The Hall–Kier alpha value is -0.0800. The largest absolute Gasteiger partial charge is 0.315 e. The molecular formula is C15H32N2. The third-order valence-electron chi connectivity index (χ3n) is 4.43. The fourth-order valence-electron chi connectivity index (χ4n) is 3.62. The number of rotatable bonds is 5. The zero-order valence-electron chi connectivity index (χ0n) is 12.7. The Balaban J connectivity index is 2.84. The number of nitrogens with zero attached hydrogens (tertiary/aromatic N) is 1.